The van der Waals surface area contributed by atoms with Gasteiger partial charge in [0.2, 0.25) is 0 Å². The average molecular weight is 920 g/mol. The number of nitrogens with zero attached hydrogens (tertiary/aromatic N) is 2. The molecule has 1 atom stereocenters. The van der Waals surface area contributed by atoms with Crippen LogP contribution in [0.5, 0.6) is 11.5 Å². The molecule has 4 aromatic rings. The molecule has 7 nitrogen and oxygen atoms in total. The second kappa shape index (κ2) is 14.1. The molecule has 0 spiro atoms. The molecule has 228 valence electrons. The maximum absolute atomic E-state index is 14.1. The van der Waals surface area contributed by atoms with Crippen LogP contribution in [0.15, 0.2) is 80.1 Å². The van der Waals surface area contributed by atoms with Gasteiger partial charge in [-0.2, -0.15) is 0 Å². The summed E-state index contributed by atoms with van der Waals surface area (Å²) in [4.78, 5) is 32.7. The number of rotatable bonds is 8. The molecule has 1 aliphatic rings. The van der Waals surface area contributed by atoms with E-state index in [1.165, 1.54) is 11.3 Å². The van der Waals surface area contributed by atoms with Gasteiger partial charge in [-0.3, -0.25) is 9.36 Å². The second-order valence-corrected chi connectivity index (χ2v) is 14.8. The van der Waals surface area contributed by atoms with E-state index >= 15 is 0 Å². The molecule has 44 heavy (non-hydrogen) atoms. The van der Waals surface area contributed by atoms with Crippen molar-refractivity contribution in [2.24, 2.45) is 4.99 Å². The van der Waals surface area contributed by atoms with Crippen LogP contribution in [0.1, 0.15) is 43.5 Å². The maximum Gasteiger partial charge on any atom is 0.338 e. The van der Waals surface area contributed by atoms with E-state index in [1.54, 1.807) is 38.5 Å². The standard InChI is InChI=1S/C32H26BrClI2N2O5S/c1-16(2)43-31(40)27-17(3)37-32-38(28(27)21-14-20(33)9-10-25(21)41-4)30(39)26(44-32)13-18-11-23(35)29(24(36)12-18)42-15-19-7-5-6-8-22(19)34/h5-14,16,28H,15H2,1-4H3/b26-13-/t28-/m0/s1. The third kappa shape index (κ3) is 6.96. The molecule has 0 saturated heterocycles. The summed E-state index contributed by atoms with van der Waals surface area (Å²) in [5.74, 6) is 0.753. The van der Waals surface area contributed by atoms with Gasteiger partial charge in [0.25, 0.3) is 5.56 Å². The Morgan fingerprint density at radius 3 is 2.52 bits per heavy atom. The van der Waals surface area contributed by atoms with Gasteiger partial charge >= 0.3 is 5.97 Å². The Balaban J connectivity index is 1.60. The van der Waals surface area contributed by atoms with E-state index in [4.69, 9.17) is 30.8 Å². The van der Waals surface area contributed by atoms with E-state index in [0.29, 0.717) is 38.0 Å². The van der Waals surface area contributed by atoms with Crippen molar-refractivity contribution in [3.8, 4) is 11.5 Å². The van der Waals surface area contributed by atoms with Gasteiger partial charge in [0.15, 0.2) is 4.80 Å². The number of esters is 1. The first kappa shape index (κ1) is 33.2. The molecule has 0 unspecified atom stereocenters. The lowest BCUT2D eigenvalue weighted by Crippen LogP contribution is -2.40. The van der Waals surface area contributed by atoms with Crippen LogP contribution in [0, 0.1) is 7.14 Å². The number of thiazole rings is 1. The smallest absolute Gasteiger partial charge is 0.338 e. The Morgan fingerprint density at radius 2 is 1.86 bits per heavy atom. The zero-order chi connectivity index (χ0) is 31.7. The number of ether oxygens (including phenoxy) is 3. The fourth-order valence-electron chi connectivity index (χ4n) is 4.79. The van der Waals surface area contributed by atoms with Crippen molar-refractivity contribution in [1.29, 1.82) is 0 Å². The van der Waals surface area contributed by atoms with E-state index in [0.717, 1.165) is 28.5 Å². The first-order valence-electron chi connectivity index (χ1n) is 13.4. The van der Waals surface area contributed by atoms with E-state index in [9.17, 15) is 9.59 Å². The fraction of sp³-hybridized carbons (Fsp3) is 0.219. The van der Waals surface area contributed by atoms with Crippen LogP contribution in [0.4, 0.5) is 0 Å². The minimum atomic E-state index is -0.798. The molecule has 2 heterocycles. The van der Waals surface area contributed by atoms with E-state index in [1.807, 2.05) is 54.6 Å². The number of carbonyl (C=O) groups is 1. The summed E-state index contributed by atoms with van der Waals surface area (Å²) in [6.07, 6.45) is 1.49. The average Bonchev–Trinajstić information content (AvgIpc) is 3.26. The lowest BCUT2D eigenvalue weighted by atomic mass is 9.95. The van der Waals surface area contributed by atoms with Crippen molar-refractivity contribution < 1.29 is 19.0 Å². The van der Waals surface area contributed by atoms with Gasteiger partial charge in [-0.15, -0.1) is 0 Å². The van der Waals surface area contributed by atoms with Crippen LogP contribution < -0.4 is 24.4 Å². The Kier molecular flexibility index (Phi) is 10.6. The van der Waals surface area contributed by atoms with Crippen molar-refractivity contribution in [1.82, 2.24) is 4.57 Å². The molecule has 0 radical (unpaired) electrons. The maximum atomic E-state index is 14.1. The van der Waals surface area contributed by atoms with Crippen LogP contribution in [0.25, 0.3) is 6.08 Å². The van der Waals surface area contributed by atoms with Crippen molar-refractivity contribution in [3.63, 3.8) is 0 Å². The molecule has 0 aliphatic carbocycles. The number of aromatic nitrogens is 1. The Labute approximate surface area is 299 Å². The van der Waals surface area contributed by atoms with E-state index in [-0.39, 0.29) is 17.2 Å². The SMILES string of the molecule is COc1ccc(Br)cc1[C@H]1C(C(=O)OC(C)C)=C(C)N=c2s/c(=C\c3cc(I)c(OCc4ccccc4Cl)c(I)c3)c(=O)n21. The number of hydrogen-bond donors (Lipinski definition) is 0. The summed E-state index contributed by atoms with van der Waals surface area (Å²) in [6.45, 7) is 5.67. The summed E-state index contributed by atoms with van der Waals surface area (Å²) >= 11 is 15.6. The van der Waals surface area contributed by atoms with Crippen LogP contribution in [-0.2, 0) is 16.1 Å². The summed E-state index contributed by atoms with van der Waals surface area (Å²) < 4.78 is 22.0. The van der Waals surface area contributed by atoms with Crippen LogP contribution in [0.3, 0.4) is 0 Å². The van der Waals surface area contributed by atoms with Crippen molar-refractivity contribution in [2.45, 2.75) is 39.5 Å². The fourth-order valence-corrected chi connectivity index (χ4v) is 8.53. The monoisotopic (exact) mass is 918 g/mol. The summed E-state index contributed by atoms with van der Waals surface area (Å²) in [5.41, 5.74) is 2.88. The highest BCUT2D eigenvalue weighted by Gasteiger charge is 2.35. The van der Waals surface area contributed by atoms with Crippen molar-refractivity contribution in [3.05, 3.63) is 119 Å². The van der Waals surface area contributed by atoms with E-state index in [2.05, 4.69) is 61.1 Å². The number of methoxy groups -OCH3 is 1. The topological polar surface area (TPSA) is 79.1 Å². The zero-order valence-corrected chi connectivity index (χ0v) is 31.5. The molecule has 1 aromatic heterocycles. The number of carbonyl (C=O) groups excluding carboxylic acids is 1. The van der Waals surface area contributed by atoms with Gasteiger partial charge in [-0.1, -0.05) is 57.1 Å². The molecule has 12 heteroatoms. The Bertz CT molecular complexity index is 1970. The van der Waals surface area contributed by atoms with E-state index < -0.39 is 12.0 Å². The number of allylic oxidation sites excluding steroid dienone is 1. The zero-order valence-electron chi connectivity index (χ0n) is 24.0. The molecular weight excluding hydrogens is 894 g/mol. The van der Waals surface area contributed by atoms with Gasteiger partial charge in [0.05, 0.1) is 36.2 Å². The molecule has 0 amide bonds. The highest BCUT2D eigenvalue weighted by Crippen LogP contribution is 2.37. The van der Waals surface area contributed by atoms with Crippen molar-refractivity contribution in [2.75, 3.05) is 7.11 Å². The van der Waals surface area contributed by atoms with Crippen molar-refractivity contribution >= 4 is 96.1 Å². The van der Waals surface area contributed by atoms with Gasteiger partial charge in [-0.05, 0) is 114 Å². The molecule has 3 aromatic carbocycles. The predicted molar refractivity (Wildman–Crippen MR) is 193 cm³/mol. The Morgan fingerprint density at radius 1 is 1.16 bits per heavy atom. The summed E-state index contributed by atoms with van der Waals surface area (Å²) in [5, 5.41) is 0.652. The third-order valence-corrected chi connectivity index (χ3v) is 10.2. The third-order valence-electron chi connectivity index (χ3n) is 6.72. The lowest BCUT2D eigenvalue weighted by Gasteiger charge is -2.26. The van der Waals surface area contributed by atoms with Gasteiger partial charge < -0.3 is 14.2 Å². The predicted octanol–water partition coefficient (Wildman–Crippen LogP) is 7.40. The molecule has 0 N–H and O–H groups in total. The minimum absolute atomic E-state index is 0.271. The minimum Gasteiger partial charge on any atom is -0.496 e. The number of hydrogen-bond acceptors (Lipinski definition) is 7. The van der Waals surface area contributed by atoms with Crippen LogP contribution in [-0.4, -0.2) is 23.8 Å². The van der Waals surface area contributed by atoms with Gasteiger partial charge in [0.1, 0.15) is 24.1 Å². The second-order valence-electron chi connectivity index (χ2n) is 10.1. The number of halogens is 4. The van der Waals surface area contributed by atoms with Gasteiger partial charge in [0, 0.05) is 20.6 Å². The Hall–Kier alpha value is -2.20. The summed E-state index contributed by atoms with van der Waals surface area (Å²) in [7, 11) is 1.56. The molecular formula is C32H26BrClI2N2O5S. The number of fused-ring (bicyclic) bond motifs is 1. The highest BCUT2D eigenvalue weighted by molar-refractivity contribution is 14.1. The molecule has 0 fully saturated rings. The first-order valence-corrected chi connectivity index (χ1v) is 17.5. The lowest BCUT2D eigenvalue weighted by molar-refractivity contribution is -0.143. The first-order chi connectivity index (χ1) is 21.0. The molecule has 5 rings (SSSR count). The van der Waals surface area contributed by atoms with Crippen LogP contribution >= 0.6 is 84.0 Å². The molecule has 1 aliphatic heterocycles. The largest absolute Gasteiger partial charge is 0.496 e. The molecule has 0 bridgehead atoms. The molecule has 0 saturated carbocycles. The normalized spacial score (nSPS) is 14.8. The van der Waals surface area contributed by atoms with Crippen LogP contribution in [0.2, 0.25) is 5.02 Å². The quantitative estimate of drug-likeness (QED) is 0.136. The number of benzene rings is 3. The summed E-state index contributed by atoms with van der Waals surface area (Å²) in [6, 6.07) is 16.2. The highest BCUT2D eigenvalue weighted by atomic mass is 127. The van der Waals surface area contributed by atoms with Gasteiger partial charge in [-0.25, -0.2) is 9.79 Å².